The summed E-state index contributed by atoms with van der Waals surface area (Å²) in [5.74, 6) is -1.08. The minimum Gasteiger partial charge on any atom is -0.504 e. The first-order valence-corrected chi connectivity index (χ1v) is 15.9. The number of aromatic hydroxyl groups is 1. The molecule has 0 bridgehead atoms. The van der Waals surface area contributed by atoms with E-state index in [1.54, 1.807) is 12.1 Å². The SMILES string of the molecule is O=C(N[C@@H](Cc1ccc(O)c(OCc2ccccc2)c1)C(=O)N[C@@H](Cc1ccccc1)C(=O)OCc1ccccc1)OCc1ccccc1. The minimum atomic E-state index is -1.16. The summed E-state index contributed by atoms with van der Waals surface area (Å²) < 4.78 is 16.9. The first-order valence-electron chi connectivity index (χ1n) is 15.9. The second kappa shape index (κ2) is 17.7. The highest BCUT2D eigenvalue weighted by atomic mass is 16.5. The summed E-state index contributed by atoms with van der Waals surface area (Å²) in [6.07, 6.45) is -0.637. The fourth-order valence-corrected chi connectivity index (χ4v) is 5.03. The van der Waals surface area contributed by atoms with E-state index in [4.69, 9.17) is 14.2 Å². The Morgan fingerprint density at radius 3 is 1.59 bits per heavy atom. The van der Waals surface area contributed by atoms with E-state index >= 15 is 0 Å². The van der Waals surface area contributed by atoms with E-state index < -0.39 is 30.1 Å². The van der Waals surface area contributed by atoms with E-state index in [9.17, 15) is 19.5 Å². The van der Waals surface area contributed by atoms with Crippen molar-refractivity contribution in [2.24, 2.45) is 0 Å². The molecule has 5 aromatic carbocycles. The van der Waals surface area contributed by atoms with Gasteiger partial charge in [-0.2, -0.15) is 0 Å². The average Bonchev–Trinajstić information content (AvgIpc) is 3.14. The van der Waals surface area contributed by atoms with Crippen LogP contribution < -0.4 is 15.4 Å². The Kier molecular flexibility index (Phi) is 12.4. The third kappa shape index (κ3) is 11.0. The molecule has 0 aliphatic heterocycles. The number of ether oxygens (including phenoxy) is 3. The van der Waals surface area contributed by atoms with Crippen LogP contribution in [0.25, 0.3) is 0 Å². The third-order valence-electron chi connectivity index (χ3n) is 7.63. The normalized spacial score (nSPS) is 11.8. The molecule has 0 aliphatic carbocycles. The van der Waals surface area contributed by atoms with Crippen LogP contribution in [0.5, 0.6) is 11.5 Å². The van der Waals surface area contributed by atoms with Gasteiger partial charge in [0.15, 0.2) is 11.5 Å². The summed E-state index contributed by atoms with van der Waals surface area (Å²) in [6.45, 7) is 0.256. The summed E-state index contributed by atoms with van der Waals surface area (Å²) in [5, 5.41) is 16.0. The van der Waals surface area contributed by atoms with Crippen LogP contribution in [0.1, 0.15) is 27.8 Å². The summed E-state index contributed by atoms with van der Waals surface area (Å²) in [6, 6.07) is 39.7. The number of phenolic OH excluding ortho intramolecular Hbond substituents is 1. The summed E-state index contributed by atoms with van der Waals surface area (Å²) in [5.41, 5.74) is 3.90. The first-order chi connectivity index (χ1) is 23.9. The van der Waals surface area contributed by atoms with Gasteiger partial charge in [0.05, 0.1) is 0 Å². The van der Waals surface area contributed by atoms with Crippen LogP contribution in [0.3, 0.4) is 0 Å². The lowest BCUT2D eigenvalue weighted by Gasteiger charge is -2.23. The van der Waals surface area contributed by atoms with Crippen LogP contribution in [0.4, 0.5) is 4.79 Å². The van der Waals surface area contributed by atoms with Gasteiger partial charge in [-0.25, -0.2) is 9.59 Å². The molecule has 0 aliphatic rings. The summed E-state index contributed by atoms with van der Waals surface area (Å²) in [4.78, 5) is 40.3. The smallest absolute Gasteiger partial charge is 0.408 e. The maximum Gasteiger partial charge on any atom is 0.408 e. The molecule has 0 saturated carbocycles. The molecule has 2 amide bonds. The summed E-state index contributed by atoms with van der Waals surface area (Å²) >= 11 is 0. The molecule has 0 aromatic heterocycles. The lowest BCUT2D eigenvalue weighted by atomic mass is 10.0. The lowest BCUT2D eigenvalue weighted by Crippen LogP contribution is -2.53. The zero-order valence-corrected chi connectivity index (χ0v) is 26.9. The predicted molar refractivity (Wildman–Crippen MR) is 184 cm³/mol. The Balaban J connectivity index is 1.33. The molecule has 250 valence electrons. The number of esters is 1. The Hall–Kier alpha value is -6.09. The fraction of sp³-hybridized carbons (Fsp3) is 0.175. The molecule has 2 atom stereocenters. The number of carbonyl (C=O) groups is 3. The van der Waals surface area contributed by atoms with E-state index in [2.05, 4.69) is 10.6 Å². The van der Waals surface area contributed by atoms with Gasteiger partial charge < -0.3 is 30.0 Å². The van der Waals surface area contributed by atoms with Crippen molar-refractivity contribution >= 4 is 18.0 Å². The van der Waals surface area contributed by atoms with E-state index in [-0.39, 0.29) is 44.2 Å². The summed E-state index contributed by atoms with van der Waals surface area (Å²) in [7, 11) is 0. The highest BCUT2D eigenvalue weighted by Gasteiger charge is 2.29. The molecular weight excluding hydrogens is 620 g/mol. The number of carbonyl (C=O) groups excluding carboxylic acids is 3. The standard InChI is InChI=1S/C40H38N2O7/c43-36-22-21-33(25-37(36)47-26-30-15-7-2-8-16-30)24-34(42-40(46)49-28-32-19-11-4-12-20-32)38(44)41-35(23-29-13-5-1-6-14-29)39(45)48-27-31-17-9-3-10-18-31/h1-22,25,34-35,43H,23-24,26-28H2,(H,41,44)(H,42,46)/t34-,35-/m0/s1. The van der Waals surface area contributed by atoms with Gasteiger partial charge in [-0.3, -0.25) is 4.79 Å². The molecule has 9 nitrogen and oxygen atoms in total. The van der Waals surface area contributed by atoms with Crippen molar-refractivity contribution in [2.45, 2.75) is 44.7 Å². The maximum absolute atomic E-state index is 13.9. The molecule has 3 N–H and O–H groups in total. The molecule has 5 aromatic rings. The highest BCUT2D eigenvalue weighted by Crippen LogP contribution is 2.28. The predicted octanol–water partition coefficient (Wildman–Crippen LogP) is 6.28. The average molecular weight is 659 g/mol. The number of alkyl carbamates (subject to hydrolysis) is 1. The van der Waals surface area contributed by atoms with Crippen molar-refractivity contribution in [1.29, 1.82) is 0 Å². The zero-order chi connectivity index (χ0) is 34.3. The second-order valence-electron chi connectivity index (χ2n) is 11.4. The highest BCUT2D eigenvalue weighted by molar-refractivity contribution is 5.90. The van der Waals surface area contributed by atoms with Crippen LogP contribution in [0.15, 0.2) is 140 Å². The van der Waals surface area contributed by atoms with Crippen molar-refractivity contribution in [3.8, 4) is 11.5 Å². The van der Waals surface area contributed by atoms with Crippen LogP contribution in [-0.2, 0) is 51.7 Å². The van der Waals surface area contributed by atoms with Crippen LogP contribution in [0, 0.1) is 0 Å². The van der Waals surface area contributed by atoms with Gasteiger partial charge in [0.25, 0.3) is 0 Å². The molecular formula is C40H38N2O7. The van der Waals surface area contributed by atoms with Crippen molar-refractivity contribution in [3.63, 3.8) is 0 Å². The lowest BCUT2D eigenvalue weighted by molar-refractivity contribution is -0.149. The van der Waals surface area contributed by atoms with Gasteiger partial charge >= 0.3 is 12.1 Å². The van der Waals surface area contributed by atoms with Crippen LogP contribution in [0.2, 0.25) is 0 Å². The van der Waals surface area contributed by atoms with E-state index in [1.807, 2.05) is 121 Å². The maximum atomic E-state index is 13.9. The minimum absolute atomic E-state index is 0.000139. The zero-order valence-electron chi connectivity index (χ0n) is 26.9. The molecule has 49 heavy (non-hydrogen) atoms. The van der Waals surface area contributed by atoms with Gasteiger partial charge in [-0.15, -0.1) is 0 Å². The topological polar surface area (TPSA) is 123 Å². The quantitative estimate of drug-likeness (QED) is 0.113. The van der Waals surface area contributed by atoms with Gasteiger partial charge in [0.1, 0.15) is 31.9 Å². The van der Waals surface area contributed by atoms with E-state index in [1.165, 1.54) is 6.07 Å². The molecule has 0 radical (unpaired) electrons. The molecule has 5 rings (SSSR count). The molecule has 9 heteroatoms. The van der Waals surface area contributed by atoms with E-state index in [0.29, 0.717) is 5.56 Å². The van der Waals surface area contributed by atoms with Gasteiger partial charge in [-0.1, -0.05) is 127 Å². The Morgan fingerprint density at radius 2 is 1.02 bits per heavy atom. The van der Waals surface area contributed by atoms with Crippen molar-refractivity contribution in [2.75, 3.05) is 0 Å². The van der Waals surface area contributed by atoms with Crippen molar-refractivity contribution < 1.29 is 33.7 Å². The van der Waals surface area contributed by atoms with E-state index in [0.717, 1.165) is 22.3 Å². The molecule has 0 heterocycles. The number of amides is 2. The van der Waals surface area contributed by atoms with Crippen LogP contribution in [-0.4, -0.2) is 35.2 Å². The van der Waals surface area contributed by atoms with Crippen LogP contribution >= 0.6 is 0 Å². The molecule has 0 spiro atoms. The van der Waals surface area contributed by atoms with Gasteiger partial charge in [-0.05, 0) is 39.9 Å². The van der Waals surface area contributed by atoms with Gasteiger partial charge in [0, 0.05) is 12.8 Å². The molecule has 0 fully saturated rings. The van der Waals surface area contributed by atoms with Crippen molar-refractivity contribution in [3.05, 3.63) is 167 Å². The van der Waals surface area contributed by atoms with Gasteiger partial charge in [0.2, 0.25) is 5.91 Å². The number of hydrogen-bond acceptors (Lipinski definition) is 7. The number of rotatable bonds is 15. The molecule has 0 unspecified atom stereocenters. The molecule has 0 saturated heterocycles. The first kappa shape index (κ1) is 34.3. The Bertz CT molecular complexity index is 1790. The number of hydrogen-bond donors (Lipinski definition) is 3. The van der Waals surface area contributed by atoms with Crippen molar-refractivity contribution in [1.82, 2.24) is 10.6 Å². The monoisotopic (exact) mass is 658 g/mol. The third-order valence-corrected chi connectivity index (χ3v) is 7.63. The largest absolute Gasteiger partial charge is 0.504 e. The number of phenols is 1. The number of benzene rings is 5. The Labute approximate surface area is 285 Å². The fourth-order valence-electron chi connectivity index (χ4n) is 5.03. The number of nitrogens with one attached hydrogen (secondary N) is 2. The second-order valence-corrected chi connectivity index (χ2v) is 11.4. The Morgan fingerprint density at radius 1 is 0.531 bits per heavy atom.